The highest BCUT2D eigenvalue weighted by molar-refractivity contribution is 5.90. The number of nitrogens with one attached hydrogen (secondary N) is 1. The van der Waals surface area contributed by atoms with Crippen molar-refractivity contribution in [3.8, 4) is 23.0 Å². The van der Waals surface area contributed by atoms with Crippen LogP contribution in [0.1, 0.15) is 15.9 Å². The molecule has 0 bridgehead atoms. The van der Waals surface area contributed by atoms with Crippen LogP contribution in [0.5, 0.6) is 23.0 Å². The van der Waals surface area contributed by atoms with Gasteiger partial charge in [0.2, 0.25) is 0 Å². The maximum absolute atomic E-state index is 12.1. The Morgan fingerprint density at radius 1 is 0.828 bits per heavy atom. The molecule has 1 N–H and O–H groups in total. The molecule has 0 saturated heterocycles. The van der Waals surface area contributed by atoms with Crippen LogP contribution in [0.3, 0.4) is 0 Å². The van der Waals surface area contributed by atoms with Crippen LogP contribution in [0, 0.1) is 0 Å². The van der Waals surface area contributed by atoms with Crippen molar-refractivity contribution in [3.05, 3.63) is 47.5 Å². The van der Waals surface area contributed by atoms with Crippen LogP contribution >= 0.6 is 0 Å². The van der Waals surface area contributed by atoms with Gasteiger partial charge >= 0.3 is 5.97 Å². The van der Waals surface area contributed by atoms with E-state index in [0.717, 1.165) is 5.56 Å². The third-order valence-corrected chi connectivity index (χ3v) is 4.13. The predicted octanol–water partition coefficient (Wildman–Crippen LogP) is 2.24. The molecule has 1 amide bonds. The molecule has 0 aliphatic rings. The molecule has 0 spiro atoms. The Morgan fingerprint density at radius 3 is 2.14 bits per heavy atom. The van der Waals surface area contributed by atoms with Gasteiger partial charge in [-0.05, 0) is 42.3 Å². The van der Waals surface area contributed by atoms with Crippen LogP contribution in [0.4, 0.5) is 0 Å². The Bertz CT molecular complexity index is 851. The first kappa shape index (κ1) is 21.9. The summed E-state index contributed by atoms with van der Waals surface area (Å²) in [5.41, 5.74) is 1.33. The van der Waals surface area contributed by atoms with Crippen LogP contribution in [0.25, 0.3) is 0 Å². The lowest BCUT2D eigenvalue weighted by atomic mass is 10.1. The van der Waals surface area contributed by atoms with E-state index in [1.807, 2.05) is 18.2 Å². The molecule has 156 valence electrons. The Morgan fingerprint density at radius 2 is 1.48 bits per heavy atom. The predicted molar refractivity (Wildman–Crippen MR) is 106 cm³/mol. The van der Waals surface area contributed by atoms with Crippen molar-refractivity contribution in [2.24, 2.45) is 0 Å². The molecule has 8 nitrogen and oxygen atoms in total. The Kier molecular flexibility index (Phi) is 8.14. The Balaban J connectivity index is 1.85. The summed E-state index contributed by atoms with van der Waals surface area (Å²) in [6.07, 6.45) is 0.628. The van der Waals surface area contributed by atoms with Crippen molar-refractivity contribution in [2.75, 3.05) is 41.6 Å². The van der Waals surface area contributed by atoms with E-state index in [2.05, 4.69) is 10.1 Å². The summed E-state index contributed by atoms with van der Waals surface area (Å²) in [7, 11) is 5.90. The number of hydrogen-bond donors (Lipinski definition) is 1. The average molecular weight is 403 g/mol. The zero-order valence-corrected chi connectivity index (χ0v) is 16.9. The van der Waals surface area contributed by atoms with E-state index in [1.165, 1.54) is 20.3 Å². The van der Waals surface area contributed by atoms with Crippen LogP contribution in [-0.2, 0) is 16.0 Å². The number of rotatable bonds is 10. The van der Waals surface area contributed by atoms with Crippen molar-refractivity contribution in [2.45, 2.75) is 6.42 Å². The first-order chi connectivity index (χ1) is 14.0. The van der Waals surface area contributed by atoms with E-state index in [-0.39, 0.29) is 12.5 Å². The van der Waals surface area contributed by atoms with Crippen molar-refractivity contribution >= 4 is 11.9 Å². The minimum Gasteiger partial charge on any atom is -0.493 e. The molecule has 0 unspecified atom stereocenters. The fraction of sp³-hybridized carbons (Fsp3) is 0.333. The highest BCUT2D eigenvalue weighted by Crippen LogP contribution is 2.29. The second-order valence-electron chi connectivity index (χ2n) is 5.94. The lowest BCUT2D eigenvalue weighted by molar-refractivity contribution is -0.123. The summed E-state index contributed by atoms with van der Waals surface area (Å²) in [4.78, 5) is 23.6. The molecule has 2 rings (SSSR count). The number of methoxy groups -OCH3 is 4. The van der Waals surface area contributed by atoms with Gasteiger partial charge < -0.3 is 29.0 Å². The standard InChI is InChI=1S/C21H25NO7/c1-25-16-7-5-14(11-18(16)26-2)9-10-22-20(23)13-29-17-8-6-15(21(24)28-4)12-19(17)27-3/h5-8,11-12H,9-10,13H2,1-4H3,(H,22,23). The van der Waals surface area contributed by atoms with E-state index >= 15 is 0 Å². The van der Waals surface area contributed by atoms with E-state index in [9.17, 15) is 9.59 Å². The number of carbonyl (C=O) groups is 2. The third kappa shape index (κ3) is 6.03. The van der Waals surface area contributed by atoms with E-state index in [0.29, 0.717) is 41.5 Å². The number of esters is 1. The average Bonchev–Trinajstić information content (AvgIpc) is 2.76. The van der Waals surface area contributed by atoms with Gasteiger partial charge in [-0.2, -0.15) is 0 Å². The van der Waals surface area contributed by atoms with E-state index < -0.39 is 5.97 Å². The maximum Gasteiger partial charge on any atom is 0.337 e. The van der Waals surface area contributed by atoms with Crippen LogP contribution in [0.2, 0.25) is 0 Å². The minimum atomic E-state index is -0.484. The lowest BCUT2D eigenvalue weighted by Crippen LogP contribution is -2.30. The number of benzene rings is 2. The van der Waals surface area contributed by atoms with Gasteiger partial charge in [0.05, 0.1) is 34.0 Å². The highest BCUT2D eigenvalue weighted by Gasteiger charge is 2.13. The van der Waals surface area contributed by atoms with Crippen LogP contribution in [-0.4, -0.2) is 53.5 Å². The molecule has 0 aliphatic carbocycles. The first-order valence-electron chi connectivity index (χ1n) is 8.89. The summed E-state index contributed by atoms with van der Waals surface area (Å²) < 4.78 is 25.9. The quantitative estimate of drug-likeness (QED) is 0.608. The molecule has 29 heavy (non-hydrogen) atoms. The van der Waals surface area contributed by atoms with E-state index in [1.54, 1.807) is 26.4 Å². The first-order valence-corrected chi connectivity index (χ1v) is 8.89. The topological polar surface area (TPSA) is 92.3 Å². The van der Waals surface area contributed by atoms with Gasteiger partial charge in [-0.1, -0.05) is 6.07 Å². The summed E-state index contributed by atoms with van der Waals surface area (Å²) in [5.74, 6) is 1.23. The van der Waals surface area contributed by atoms with Crippen molar-refractivity contribution in [1.82, 2.24) is 5.32 Å². The lowest BCUT2D eigenvalue weighted by Gasteiger charge is -2.12. The van der Waals surface area contributed by atoms with Crippen LogP contribution in [0.15, 0.2) is 36.4 Å². The Labute approximate surface area is 169 Å². The van der Waals surface area contributed by atoms with Crippen molar-refractivity contribution < 1.29 is 33.3 Å². The van der Waals surface area contributed by atoms with Gasteiger partial charge in [0.15, 0.2) is 29.6 Å². The monoisotopic (exact) mass is 403 g/mol. The highest BCUT2D eigenvalue weighted by atomic mass is 16.5. The molecule has 0 fully saturated rings. The van der Waals surface area contributed by atoms with Gasteiger partial charge in [0.25, 0.3) is 5.91 Å². The molecule has 0 saturated carbocycles. The molecule has 2 aromatic rings. The van der Waals surface area contributed by atoms with Crippen molar-refractivity contribution in [1.29, 1.82) is 0 Å². The normalized spacial score (nSPS) is 10.1. The minimum absolute atomic E-state index is 0.181. The van der Waals surface area contributed by atoms with Gasteiger partial charge in [-0.15, -0.1) is 0 Å². The molecular weight excluding hydrogens is 378 g/mol. The summed E-state index contributed by atoms with van der Waals surface area (Å²) >= 11 is 0. The molecule has 0 aliphatic heterocycles. The summed E-state index contributed by atoms with van der Waals surface area (Å²) in [5, 5.41) is 2.79. The van der Waals surface area contributed by atoms with E-state index in [4.69, 9.17) is 18.9 Å². The molecule has 0 aromatic heterocycles. The van der Waals surface area contributed by atoms with Gasteiger partial charge in [0, 0.05) is 6.54 Å². The molecule has 0 radical (unpaired) electrons. The molecule has 8 heteroatoms. The number of hydrogen-bond acceptors (Lipinski definition) is 7. The smallest absolute Gasteiger partial charge is 0.337 e. The second-order valence-corrected chi connectivity index (χ2v) is 5.94. The van der Waals surface area contributed by atoms with Crippen molar-refractivity contribution in [3.63, 3.8) is 0 Å². The van der Waals surface area contributed by atoms with Gasteiger partial charge in [0.1, 0.15) is 0 Å². The largest absolute Gasteiger partial charge is 0.493 e. The zero-order valence-electron chi connectivity index (χ0n) is 16.9. The third-order valence-electron chi connectivity index (χ3n) is 4.13. The fourth-order valence-corrected chi connectivity index (χ4v) is 2.61. The molecule has 2 aromatic carbocycles. The van der Waals surface area contributed by atoms with Crippen LogP contribution < -0.4 is 24.3 Å². The maximum atomic E-state index is 12.1. The summed E-state index contributed by atoms with van der Waals surface area (Å²) in [6, 6.07) is 10.2. The van der Waals surface area contributed by atoms with Gasteiger partial charge in [-0.3, -0.25) is 4.79 Å². The number of amides is 1. The number of carbonyl (C=O) groups excluding carboxylic acids is 2. The Hall–Kier alpha value is -3.42. The SMILES string of the molecule is COC(=O)c1ccc(OCC(=O)NCCc2ccc(OC)c(OC)c2)c(OC)c1. The molecule has 0 atom stereocenters. The second kappa shape index (κ2) is 10.8. The molecular formula is C21H25NO7. The molecule has 0 heterocycles. The zero-order chi connectivity index (χ0) is 21.2. The number of ether oxygens (including phenoxy) is 5. The summed E-state index contributed by atoms with van der Waals surface area (Å²) in [6.45, 7) is 0.260. The van der Waals surface area contributed by atoms with Gasteiger partial charge in [-0.25, -0.2) is 4.79 Å². The fourth-order valence-electron chi connectivity index (χ4n) is 2.61.